The van der Waals surface area contributed by atoms with Crippen LogP contribution in [-0.4, -0.2) is 23.6 Å². The predicted octanol–water partition coefficient (Wildman–Crippen LogP) is 3.50. The van der Waals surface area contributed by atoms with E-state index in [1.54, 1.807) is 0 Å². The monoisotopic (exact) mass is 277 g/mol. The number of ether oxygens (including phenoxy) is 1. The topological polar surface area (TPSA) is 47.0 Å². The maximum Gasteiger partial charge on any atom is 0.451 e. The van der Waals surface area contributed by atoms with Gasteiger partial charge in [0.1, 0.15) is 5.82 Å². The quantitative estimate of drug-likeness (QED) is 0.775. The van der Waals surface area contributed by atoms with E-state index in [0.717, 1.165) is 25.7 Å². The molecule has 0 radical (unpaired) electrons. The predicted molar refractivity (Wildman–Crippen MR) is 66.2 cm³/mol. The molecule has 0 aliphatic carbocycles. The summed E-state index contributed by atoms with van der Waals surface area (Å²) in [5, 5.41) is 2.56. The van der Waals surface area contributed by atoms with E-state index in [2.05, 4.69) is 22.2 Å². The lowest BCUT2D eigenvalue weighted by Gasteiger charge is -2.10. The fraction of sp³-hybridized carbons (Fsp3) is 0.667. The highest BCUT2D eigenvalue weighted by atomic mass is 19.4. The van der Waals surface area contributed by atoms with E-state index in [1.165, 1.54) is 13.1 Å². The largest absolute Gasteiger partial charge is 0.478 e. The fourth-order valence-electron chi connectivity index (χ4n) is 1.46. The first kappa shape index (κ1) is 15.5. The molecule has 1 heterocycles. The van der Waals surface area contributed by atoms with Crippen LogP contribution in [0.5, 0.6) is 5.88 Å². The van der Waals surface area contributed by atoms with Gasteiger partial charge in [0.05, 0.1) is 6.61 Å². The third-order valence-electron chi connectivity index (χ3n) is 2.46. The molecule has 1 N–H and O–H groups in total. The highest BCUT2D eigenvalue weighted by Crippen LogP contribution is 2.28. The molecule has 0 aromatic carbocycles. The molecule has 0 bridgehead atoms. The summed E-state index contributed by atoms with van der Waals surface area (Å²) in [5.41, 5.74) is 0. The summed E-state index contributed by atoms with van der Waals surface area (Å²) in [5.74, 6) is -1.16. The van der Waals surface area contributed by atoms with Crippen molar-refractivity contribution in [3.8, 4) is 5.88 Å². The maximum absolute atomic E-state index is 12.6. The minimum atomic E-state index is -4.58. The molecule has 1 aromatic heterocycles. The number of hydrogen-bond donors (Lipinski definition) is 1. The molecule has 4 nitrogen and oxygen atoms in total. The average molecular weight is 277 g/mol. The summed E-state index contributed by atoms with van der Waals surface area (Å²) < 4.78 is 42.9. The van der Waals surface area contributed by atoms with Gasteiger partial charge in [-0.15, -0.1) is 0 Å². The molecule has 0 saturated carbocycles. The Kier molecular flexibility index (Phi) is 5.85. The van der Waals surface area contributed by atoms with E-state index in [-0.39, 0.29) is 11.7 Å². The first-order valence-electron chi connectivity index (χ1n) is 6.24. The van der Waals surface area contributed by atoms with Gasteiger partial charge >= 0.3 is 6.18 Å². The molecule has 0 atom stereocenters. The van der Waals surface area contributed by atoms with Crippen molar-refractivity contribution in [3.05, 3.63) is 11.9 Å². The minimum Gasteiger partial charge on any atom is -0.478 e. The van der Waals surface area contributed by atoms with Crippen LogP contribution in [0, 0.1) is 0 Å². The highest BCUT2D eigenvalue weighted by Gasteiger charge is 2.35. The minimum absolute atomic E-state index is 0.0526. The Morgan fingerprint density at radius 1 is 1.21 bits per heavy atom. The molecular formula is C12H18F3N3O. The zero-order valence-corrected chi connectivity index (χ0v) is 11.0. The van der Waals surface area contributed by atoms with Crippen molar-refractivity contribution < 1.29 is 17.9 Å². The van der Waals surface area contributed by atoms with Gasteiger partial charge in [0, 0.05) is 13.1 Å². The van der Waals surface area contributed by atoms with Gasteiger partial charge in [-0.25, -0.2) is 4.98 Å². The van der Waals surface area contributed by atoms with Crippen LogP contribution < -0.4 is 10.1 Å². The number of nitrogens with one attached hydrogen (secondary N) is 1. The van der Waals surface area contributed by atoms with E-state index >= 15 is 0 Å². The van der Waals surface area contributed by atoms with Gasteiger partial charge in [0.15, 0.2) is 0 Å². The van der Waals surface area contributed by atoms with Crippen LogP contribution in [0.4, 0.5) is 19.0 Å². The van der Waals surface area contributed by atoms with Crippen molar-refractivity contribution in [3.63, 3.8) is 0 Å². The lowest BCUT2D eigenvalue weighted by atomic mass is 10.2. The van der Waals surface area contributed by atoms with Crippen molar-refractivity contribution >= 4 is 5.82 Å². The Hall–Kier alpha value is -1.53. The zero-order valence-electron chi connectivity index (χ0n) is 11.0. The van der Waals surface area contributed by atoms with Crippen LogP contribution in [-0.2, 0) is 6.18 Å². The van der Waals surface area contributed by atoms with Gasteiger partial charge in [-0.2, -0.15) is 18.2 Å². The van der Waals surface area contributed by atoms with Gasteiger partial charge in [0.25, 0.3) is 0 Å². The molecule has 7 heteroatoms. The van der Waals surface area contributed by atoms with Crippen LogP contribution in [0.3, 0.4) is 0 Å². The molecule has 1 aromatic rings. The van der Waals surface area contributed by atoms with Crippen molar-refractivity contribution in [2.75, 3.05) is 19.0 Å². The molecule has 0 fully saturated rings. The summed E-state index contributed by atoms with van der Waals surface area (Å²) >= 11 is 0. The number of anilines is 1. The van der Waals surface area contributed by atoms with Crippen LogP contribution in [0.2, 0.25) is 0 Å². The molecular weight excluding hydrogens is 259 g/mol. The number of rotatable bonds is 7. The molecule has 108 valence electrons. The number of halogens is 3. The van der Waals surface area contributed by atoms with E-state index in [4.69, 9.17) is 4.74 Å². The van der Waals surface area contributed by atoms with Crippen LogP contribution in [0.1, 0.15) is 38.4 Å². The SMILES string of the molecule is CCCCCCOc1cc(NC)nc(C(F)(F)F)n1. The zero-order chi connectivity index (χ0) is 14.3. The van der Waals surface area contributed by atoms with Crippen molar-refractivity contribution in [2.24, 2.45) is 0 Å². The smallest absolute Gasteiger partial charge is 0.451 e. The van der Waals surface area contributed by atoms with E-state index in [1.807, 2.05) is 0 Å². The summed E-state index contributed by atoms with van der Waals surface area (Å²) in [4.78, 5) is 6.73. The summed E-state index contributed by atoms with van der Waals surface area (Å²) in [6, 6.07) is 1.36. The highest BCUT2D eigenvalue weighted by molar-refractivity contribution is 5.38. The molecule has 0 amide bonds. The normalized spacial score (nSPS) is 11.4. The average Bonchev–Trinajstić information content (AvgIpc) is 2.37. The Bertz CT molecular complexity index is 396. The van der Waals surface area contributed by atoms with Gasteiger partial charge in [-0.05, 0) is 6.42 Å². The maximum atomic E-state index is 12.6. The molecule has 0 spiro atoms. The van der Waals surface area contributed by atoms with Crippen molar-refractivity contribution in [1.29, 1.82) is 0 Å². The van der Waals surface area contributed by atoms with Crippen molar-refractivity contribution in [1.82, 2.24) is 9.97 Å². The Balaban J connectivity index is 2.67. The Labute approximate surface area is 110 Å². The second kappa shape index (κ2) is 7.16. The molecule has 0 aliphatic rings. The summed E-state index contributed by atoms with van der Waals surface area (Å²) in [6.07, 6.45) is -0.605. The molecule has 19 heavy (non-hydrogen) atoms. The fourth-order valence-corrected chi connectivity index (χ4v) is 1.46. The number of alkyl halides is 3. The van der Waals surface area contributed by atoms with E-state index < -0.39 is 12.0 Å². The molecule has 0 unspecified atom stereocenters. The van der Waals surface area contributed by atoms with Gasteiger partial charge in [-0.3, -0.25) is 0 Å². The Morgan fingerprint density at radius 3 is 2.53 bits per heavy atom. The first-order chi connectivity index (χ1) is 8.97. The van der Waals surface area contributed by atoms with E-state index in [9.17, 15) is 13.2 Å². The van der Waals surface area contributed by atoms with Crippen LogP contribution >= 0.6 is 0 Å². The lowest BCUT2D eigenvalue weighted by Crippen LogP contribution is -2.13. The standard InChI is InChI=1S/C12H18F3N3O/c1-3-4-5-6-7-19-10-8-9(16-2)17-11(18-10)12(13,14)15/h8H,3-7H2,1-2H3,(H,16,17,18). The van der Waals surface area contributed by atoms with Gasteiger partial charge in [-0.1, -0.05) is 26.2 Å². The Morgan fingerprint density at radius 2 is 1.95 bits per heavy atom. The second-order valence-electron chi connectivity index (χ2n) is 4.07. The molecule has 0 saturated heterocycles. The van der Waals surface area contributed by atoms with Crippen LogP contribution in [0.25, 0.3) is 0 Å². The first-order valence-corrected chi connectivity index (χ1v) is 6.24. The number of nitrogens with zero attached hydrogens (tertiary/aromatic N) is 2. The van der Waals surface area contributed by atoms with Crippen LogP contribution in [0.15, 0.2) is 6.07 Å². The summed E-state index contributed by atoms with van der Waals surface area (Å²) in [7, 11) is 1.49. The molecule has 0 aliphatic heterocycles. The number of hydrogen-bond acceptors (Lipinski definition) is 4. The van der Waals surface area contributed by atoms with Gasteiger partial charge in [0.2, 0.25) is 11.7 Å². The number of aromatic nitrogens is 2. The van der Waals surface area contributed by atoms with Gasteiger partial charge < -0.3 is 10.1 Å². The molecule has 1 rings (SSSR count). The third-order valence-corrected chi connectivity index (χ3v) is 2.46. The third kappa shape index (κ3) is 5.32. The second-order valence-corrected chi connectivity index (χ2v) is 4.07. The van der Waals surface area contributed by atoms with E-state index in [0.29, 0.717) is 6.61 Å². The van der Waals surface area contributed by atoms with Crippen molar-refractivity contribution in [2.45, 2.75) is 38.8 Å². The number of unbranched alkanes of at least 4 members (excludes halogenated alkanes) is 3. The lowest BCUT2D eigenvalue weighted by molar-refractivity contribution is -0.145. The summed E-state index contributed by atoms with van der Waals surface area (Å²) in [6.45, 7) is 2.44.